The smallest absolute Gasteiger partial charge is 0.250 e. The van der Waals surface area contributed by atoms with Gasteiger partial charge in [0, 0.05) is 18.5 Å². The molecule has 2 unspecified atom stereocenters. The molecular weight excluding hydrogens is 240 g/mol. The van der Waals surface area contributed by atoms with E-state index in [0.717, 1.165) is 5.56 Å². The molecule has 2 atom stereocenters. The van der Waals surface area contributed by atoms with Crippen molar-refractivity contribution in [3.05, 3.63) is 35.9 Å². The van der Waals surface area contributed by atoms with Crippen molar-refractivity contribution in [2.24, 2.45) is 0 Å². The Morgan fingerprint density at radius 1 is 1.21 bits per heavy atom. The predicted octanol–water partition coefficient (Wildman–Crippen LogP) is 1.87. The average molecular weight is 260 g/mol. The quantitative estimate of drug-likeness (QED) is 0.882. The molecule has 2 rings (SSSR count). The number of rotatable bonds is 2. The number of benzene rings is 1. The Bertz CT molecular complexity index is 470. The molecule has 1 aromatic carbocycles. The number of nitrogens with zero attached hydrogens (tertiary/aromatic N) is 1. The van der Waals surface area contributed by atoms with Crippen LogP contribution < -0.4 is 5.32 Å². The van der Waals surface area contributed by atoms with Crippen molar-refractivity contribution in [3.8, 4) is 0 Å². The number of carbonyl (C=O) groups excluding carboxylic acids is 2. The molecule has 1 aromatic rings. The van der Waals surface area contributed by atoms with Gasteiger partial charge in [-0.15, -0.1) is 0 Å². The summed E-state index contributed by atoms with van der Waals surface area (Å²) in [6.07, 6.45) is 0.354. The second-order valence-electron chi connectivity index (χ2n) is 5.30. The van der Waals surface area contributed by atoms with E-state index >= 15 is 0 Å². The van der Waals surface area contributed by atoms with Crippen molar-refractivity contribution in [1.82, 2.24) is 10.2 Å². The van der Waals surface area contributed by atoms with Crippen LogP contribution in [0.25, 0.3) is 0 Å². The van der Waals surface area contributed by atoms with Gasteiger partial charge in [-0.2, -0.15) is 0 Å². The largest absolute Gasteiger partial charge is 0.340 e. The molecule has 4 heteroatoms. The third-order valence-electron chi connectivity index (χ3n) is 3.45. The highest BCUT2D eigenvalue weighted by molar-refractivity contribution is 5.91. The highest BCUT2D eigenvalue weighted by Crippen LogP contribution is 2.23. The molecule has 4 nitrogen and oxygen atoms in total. The fourth-order valence-electron chi connectivity index (χ4n) is 2.65. The minimum atomic E-state index is -0.568. The molecule has 0 spiro atoms. The Hall–Kier alpha value is -1.84. The number of amides is 2. The molecule has 0 saturated carbocycles. The molecule has 1 fully saturated rings. The predicted molar refractivity (Wildman–Crippen MR) is 73.4 cm³/mol. The zero-order chi connectivity index (χ0) is 14.0. The average Bonchev–Trinajstić information content (AvgIpc) is 2.46. The standard InChI is InChI=1S/C15H20N2O2/c1-10(2)17-11(3)9-13(18)16-14(15(17)19)12-7-5-4-6-8-12/h4-8,10-11,14H,9H2,1-3H3,(H,16,18). The lowest BCUT2D eigenvalue weighted by Gasteiger charge is -2.32. The second kappa shape index (κ2) is 5.43. The summed E-state index contributed by atoms with van der Waals surface area (Å²) < 4.78 is 0. The summed E-state index contributed by atoms with van der Waals surface area (Å²) in [4.78, 5) is 26.4. The van der Waals surface area contributed by atoms with E-state index in [2.05, 4.69) is 5.32 Å². The van der Waals surface area contributed by atoms with Crippen LogP contribution in [0.3, 0.4) is 0 Å². The van der Waals surface area contributed by atoms with Crippen LogP contribution in [0.15, 0.2) is 30.3 Å². The van der Waals surface area contributed by atoms with Crippen LogP contribution >= 0.6 is 0 Å². The Morgan fingerprint density at radius 2 is 1.84 bits per heavy atom. The molecule has 19 heavy (non-hydrogen) atoms. The molecular formula is C15H20N2O2. The van der Waals surface area contributed by atoms with Gasteiger partial charge in [0.2, 0.25) is 11.8 Å². The highest BCUT2D eigenvalue weighted by atomic mass is 16.2. The maximum atomic E-state index is 12.7. The summed E-state index contributed by atoms with van der Waals surface area (Å²) in [5.41, 5.74) is 0.834. The van der Waals surface area contributed by atoms with Gasteiger partial charge in [0.05, 0.1) is 0 Å². The molecule has 102 valence electrons. The first-order valence-electron chi connectivity index (χ1n) is 6.67. The minimum Gasteiger partial charge on any atom is -0.340 e. The van der Waals surface area contributed by atoms with E-state index in [0.29, 0.717) is 6.42 Å². The van der Waals surface area contributed by atoms with Gasteiger partial charge in [-0.1, -0.05) is 30.3 Å². The van der Waals surface area contributed by atoms with Gasteiger partial charge in [0.15, 0.2) is 0 Å². The Labute approximate surface area is 113 Å². The first kappa shape index (κ1) is 13.6. The zero-order valence-electron chi connectivity index (χ0n) is 11.6. The molecule has 1 heterocycles. The van der Waals surface area contributed by atoms with E-state index in [1.165, 1.54) is 0 Å². The minimum absolute atomic E-state index is 0.0282. The van der Waals surface area contributed by atoms with Gasteiger partial charge >= 0.3 is 0 Å². The second-order valence-corrected chi connectivity index (χ2v) is 5.30. The van der Waals surface area contributed by atoms with Gasteiger partial charge in [0.25, 0.3) is 0 Å². The fraction of sp³-hybridized carbons (Fsp3) is 0.467. The van der Waals surface area contributed by atoms with E-state index in [1.807, 2.05) is 51.1 Å². The van der Waals surface area contributed by atoms with Gasteiger partial charge in [-0.05, 0) is 26.3 Å². The van der Waals surface area contributed by atoms with Gasteiger partial charge < -0.3 is 10.2 Å². The molecule has 1 saturated heterocycles. The number of hydrogen-bond acceptors (Lipinski definition) is 2. The Kier molecular flexibility index (Phi) is 3.88. The molecule has 0 aliphatic carbocycles. The first-order chi connectivity index (χ1) is 9.00. The monoisotopic (exact) mass is 260 g/mol. The van der Waals surface area contributed by atoms with Crippen molar-refractivity contribution >= 4 is 11.8 Å². The van der Waals surface area contributed by atoms with E-state index in [4.69, 9.17) is 0 Å². The number of carbonyl (C=O) groups is 2. The lowest BCUT2D eigenvalue weighted by Crippen LogP contribution is -2.45. The van der Waals surface area contributed by atoms with Crippen LogP contribution in [-0.2, 0) is 9.59 Å². The lowest BCUT2D eigenvalue weighted by molar-refractivity contribution is -0.136. The fourth-order valence-corrected chi connectivity index (χ4v) is 2.65. The molecule has 1 aliphatic heterocycles. The van der Waals surface area contributed by atoms with E-state index in [-0.39, 0.29) is 23.9 Å². The number of hydrogen-bond donors (Lipinski definition) is 1. The summed E-state index contributed by atoms with van der Waals surface area (Å²) in [5, 5.41) is 2.83. The summed E-state index contributed by atoms with van der Waals surface area (Å²) in [6, 6.07) is 8.85. The summed E-state index contributed by atoms with van der Waals surface area (Å²) in [6.45, 7) is 5.88. The zero-order valence-corrected chi connectivity index (χ0v) is 11.6. The van der Waals surface area contributed by atoms with Crippen molar-refractivity contribution in [1.29, 1.82) is 0 Å². The van der Waals surface area contributed by atoms with Crippen LogP contribution in [0.5, 0.6) is 0 Å². The maximum absolute atomic E-state index is 12.7. The third-order valence-corrected chi connectivity index (χ3v) is 3.45. The molecule has 0 bridgehead atoms. The van der Waals surface area contributed by atoms with Crippen LogP contribution in [0.2, 0.25) is 0 Å². The highest BCUT2D eigenvalue weighted by Gasteiger charge is 2.35. The van der Waals surface area contributed by atoms with Crippen molar-refractivity contribution in [3.63, 3.8) is 0 Å². The SMILES string of the molecule is CC(C)N1C(=O)C(c2ccccc2)NC(=O)CC1C. The van der Waals surface area contributed by atoms with E-state index in [1.54, 1.807) is 4.90 Å². The summed E-state index contributed by atoms with van der Waals surface area (Å²) >= 11 is 0. The normalized spacial score (nSPS) is 24.3. The number of nitrogens with one attached hydrogen (secondary N) is 1. The Balaban J connectivity index is 2.37. The lowest BCUT2D eigenvalue weighted by atomic mass is 10.0. The molecule has 0 aromatic heterocycles. The summed E-state index contributed by atoms with van der Waals surface area (Å²) in [5.74, 6) is -0.0996. The first-order valence-corrected chi connectivity index (χ1v) is 6.67. The van der Waals surface area contributed by atoms with Gasteiger partial charge in [-0.3, -0.25) is 9.59 Å². The van der Waals surface area contributed by atoms with E-state index < -0.39 is 6.04 Å². The Morgan fingerprint density at radius 3 is 2.42 bits per heavy atom. The molecule has 1 aliphatic rings. The topological polar surface area (TPSA) is 49.4 Å². The third kappa shape index (κ3) is 2.78. The van der Waals surface area contributed by atoms with Crippen LogP contribution in [0, 0.1) is 0 Å². The van der Waals surface area contributed by atoms with Crippen LogP contribution in [0.4, 0.5) is 0 Å². The van der Waals surface area contributed by atoms with Gasteiger partial charge in [-0.25, -0.2) is 0 Å². The van der Waals surface area contributed by atoms with Crippen molar-refractivity contribution in [2.75, 3.05) is 0 Å². The molecule has 1 N–H and O–H groups in total. The van der Waals surface area contributed by atoms with Crippen LogP contribution in [0.1, 0.15) is 38.8 Å². The van der Waals surface area contributed by atoms with Gasteiger partial charge in [0.1, 0.15) is 6.04 Å². The maximum Gasteiger partial charge on any atom is 0.250 e. The van der Waals surface area contributed by atoms with Crippen LogP contribution in [-0.4, -0.2) is 28.8 Å². The van der Waals surface area contributed by atoms with E-state index in [9.17, 15) is 9.59 Å². The van der Waals surface area contributed by atoms with Crippen molar-refractivity contribution in [2.45, 2.75) is 45.3 Å². The summed E-state index contributed by atoms with van der Waals surface area (Å²) in [7, 11) is 0. The molecule has 2 amide bonds. The van der Waals surface area contributed by atoms with Crippen molar-refractivity contribution < 1.29 is 9.59 Å². The molecule has 0 radical (unpaired) electrons.